The summed E-state index contributed by atoms with van der Waals surface area (Å²) in [5, 5.41) is 4.04. The minimum atomic E-state index is -0.424. The molecule has 6 heteroatoms. The zero-order chi connectivity index (χ0) is 24.5. The van der Waals surface area contributed by atoms with Crippen molar-refractivity contribution in [2.45, 2.75) is 13.5 Å². The SMILES string of the molecule is Cc1ccc(C(=O)Oc2ccc(/C=N/NC(=O)c3ccccc3OCc3ccccc3)cc2)cc1. The first-order valence-electron chi connectivity index (χ1n) is 11.1. The number of hydrogen-bond donors (Lipinski definition) is 1. The summed E-state index contributed by atoms with van der Waals surface area (Å²) < 4.78 is 11.2. The van der Waals surface area contributed by atoms with Crippen LogP contribution in [0.3, 0.4) is 0 Å². The summed E-state index contributed by atoms with van der Waals surface area (Å²) in [7, 11) is 0. The van der Waals surface area contributed by atoms with Gasteiger partial charge in [-0.05, 0) is 66.6 Å². The Morgan fingerprint density at radius 2 is 1.51 bits per heavy atom. The Morgan fingerprint density at radius 1 is 0.829 bits per heavy atom. The standard InChI is InChI=1S/C29H24N2O4/c1-21-11-15-24(16-12-21)29(33)35-25-17-13-22(14-18-25)19-30-31-28(32)26-9-5-6-10-27(26)34-20-23-7-3-2-4-8-23/h2-19H,20H2,1H3,(H,31,32)/b30-19+. The van der Waals surface area contributed by atoms with E-state index in [4.69, 9.17) is 9.47 Å². The topological polar surface area (TPSA) is 77.0 Å². The lowest BCUT2D eigenvalue weighted by atomic mass is 10.1. The maximum atomic E-state index is 12.6. The van der Waals surface area contributed by atoms with E-state index in [1.54, 1.807) is 54.6 Å². The molecular formula is C29H24N2O4. The lowest BCUT2D eigenvalue weighted by Crippen LogP contribution is -2.18. The molecule has 4 rings (SSSR count). The average Bonchev–Trinajstić information content (AvgIpc) is 2.89. The van der Waals surface area contributed by atoms with Crippen LogP contribution < -0.4 is 14.9 Å². The van der Waals surface area contributed by atoms with Gasteiger partial charge in [0, 0.05) is 0 Å². The monoisotopic (exact) mass is 464 g/mol. The molecule has 0 saturated heterocycles. The van der Waals surface area contributed by atoms with Gasteiger partial charge in [0.15, 0.2) is 0 Å². The maximum absolute atomic E-state index is 12.6. The van der Waals surface area contributed by atoms with E-state index < -0.39 is 5.97 Å². The second-order valence-electron chi connectivity index (χ2n) is 7.79. The second-order valence-corrected chi connectivity index (χ2v) is 7.79. The molecule has 6 nitrogen and oxygen atoms in total. The van der Waals surface area contributed by atoms with Crippen LogP contribution in [0.5, 0.6) is 11.5 Å². The first-order chi connectivity index (χ1) is 17.1. The number of carbonyl (C=O) groups is 2. The second kappa shape index (κ2) is 11.4. The highest BCUT2D eigenvalue weighted by molar-refractivity contribution is 5.97. The van der Waals surface area contributed by atoms with Gasteiger partial charge in [0.1, 0.15) is 18.1 Å². The minimum absolute atomic E-state index is 0.356. The van der Waals surface area contributed by atoms with Gasteiger partial charge in [-0.15, -0.1) is 0 Å². The van der Waals surface area contributed by atoms with Gasteiger partial charge in [-0.2, -0.15) is 5.10 Å². The number of ether oxygens (including phenoxy) is 2. The molecule has 0 heterocycles. The zero-order valence-corrected chi connectivity index (χ0v) is 19.2. The number of hydrazone groups is 1. The van der Waals surface area contributed by atoms with Crippen LogP contribution in [-0.2, 0) is 6.61 Å². The third-order valence-corrected chi connectivity index (χ3v) is 5.13. The molecule has 4 aromatic carbocycles. The first kappa shape index (κ1) is 23.4. The Bertz CT molecular complexity index is 1320. The molecule has 4 aromatic rings. The predicted octanol–water partition coefficient (Wildman–Crippen LogP) is 5.56. The molecule has 0 unspecified atom stereocenters. The molecule has 0 radical (unpaired) electrons. The van der Waals surface area contributed by atoms with Crippen molar-refractivity contribution in [1.29, 1.82) is 0 Å². The molecule has 0 atom stereocenters. The third-order valence-electron chi connectivity index (χ3n) is 5.13. The number of aryl methyl sites for hydroxylation is 1. The van der Waals surface area contributed by atoms with E-state index in [9.17, 15) is 9.59 Å². The normalized spacial score (nSPS) is 10.7. The molecule has 0 aliphatic rings. The molecule has 35 heavy (non-hydrogen) atoms. The number of benzene rings is 4. The molecule has 0 aliphatic heterocycles. The summed E-state index contributed by atoms with van der Waals surface area (Å²) in [6.07, 6.45) is 1.51. The van der Waals surface area contributed by atoms with Crippen LogP contribution in [0.4, 0.5) is 0 Å². The first-order valence-corrected chi connectivity index (χ1v) is 11.1. The lowest BCUT2D eigenvalue weighted by Gasteiger charge is -2.10. The number of rotatable bonds is 8. The zero-order valence-electron chi connectivity index (χ0n) is 19.2. The highest BCUT2D eigenvalue weighted by atomic mass is 16.5. The lowest BCUT2D eigenvalue weighted by molar-refractivity contribution is 0.0734. The molecule has 0 saturated carbocycles. The highest BCUT2D eigenvalue weighted by Crippen LogP contribution is 2.19. The fourth-order valence-electron chi connectivity index (χ4n) is 3.22. The van der Waals surface area contributed by atoms with Crippen LogP contribution in [0.25, 0.3) is 0 Å². The minimum Gasteiger partial charge on any atom is -0.488 e. The number of hydrogen-bond acceptors (Lipinski definition) is 5. The van der Waals surface area contributed by atoms with E-state index in [-0.39, 0.29) is 5.91 Å². The van der Waals surface area contributed by atoms with Gasteiger partial charge in [0.2, 0.25) is 0 Å². The van der Waals surface area contributed by atoms with Gasteiger partial charge in [-0.25, -0.2) is 10.2 Å². The molecule has 0 spiro atoms. The summed E-state index contributed by atoms with van der Waals surface area (Å²) in [6.45, 7) is 2.31. The molecule has 0 aliphatic carbocycles. The van der Waals surface area contributed by atoms with Gasteiger partial charge in [0.05, 0.1) is 17.3 Å². The third kappa shape index (κ3) is 6.65. The maximum Gasteiger partial charge on any atom is 0.343 e. The highest BCUT2D eigenvalue weighted by Gasteiger charge is 2.12. The van der Waals surface area contributed by atoms with E-state index >= 15 is 0 Å². The molecule has 0 aromatic heterocycles. The van der Waals surface area contributed by atoms with E-state index in [2.05, 4.69) is 10.5 Å². The van der Waals surface area contributed by atoms with Gasteiger partial charge in [0.25, 0.3) is 5.91 Å². The Labute approximate surface area is 203 Å². The smallest absolute Gasteiger partial charge is 0.343 e. The van der Waals surface area contributed by atoms with Crippen LogP contribution in [0, 0.1) is 6.92 Å². The fraction of sp³-hybridized carbons (Fsp3) is 0.0690. The van der Waals surface area contributed by atoms with Gasteiger partial charge >= 0.3 is 5.97 Å². The Morgan fingerprint density at radius 3 is 2.26 bits per heavy atom. The van der Waals surface area contributed by atoms with Gasteiger partial charge < -0.3 is 9.47 Å². The number of para-hydroxylation sites is 1. The molecule has 0 fully saturated rings. The van der Waals surface area contributed by atoms with E-state index in [0.717, 1.165) is 16.7 Å². The number of carbonyl (C=O) groups excluding carboxylic acids is 2. The van der Waals surface area contributed by atoms with Crippen molar-refractivity contribution in [1.82, 2.24) is 5.43 Å². The van der Waals surface area contributed by atoms with Crippen LogP contribution in [-0.4, -0.2) is 18.1 Å². The van der Waals surface area contributed by atoms with E-state index in [1.165, 1.54) is 6.21 Å². The van der Waals surface area contributed by atoms with Crippen molar-refractivity contribution in [3.05, 3.63) is 131 Å². The van der Waals surface area contributed by atoms with Gasteiger partial charge in [-0.1, -0.05) is 60.2 Å². The van der Waals surface area contributed by atoms with Crippen molar-refractivity contribution in [2.24, 2.45) is 5.10 Å². The summed E-state index contributed by atoms with van der Waals surface area (Å²) in [5.74, 6) is 0.0884. The number of nitrogens with zero attached hydrogens (tertiary/aromatic N) is 1. The van der Waals surface area contributed by atoms with Crippen molar-refractivity contribution < 1.29 is 19.1 Å². The van der Waals surface area contributed by atoms with Crippen LogP contribution in [0.1, 0.15) is 37.4 Å². The van der Waals surface area contributed by atoms with Crippen LogP contribution >= 0.6 is 0 Å². The Balaban J connectivity index is 1.32. The number of esters is 1. The molecule has 1 amide bonds. The van der Waals surface area contributed by atoms with Crippen LogP contribution in [0.15, 0.2) is 108 Å². The molecule has 174 valence electrons. The fourth-order valence-corrected chi connectivity index (χ4v) is 3.22. The number of nitrogens with one attached hydrogen (secondary N) is 1. The van der Waals surface area contributed by atoms with E-state index in [1.807, 2.05) is 55.5 Å². The molecule has 1 N–H and O–H groups in total. The summed E-state index contributed by atoms with van der Waals surface area (Å²) >= 11 is 0. The Hall–Kier alpha value is -4.71. The van der Waals surface area contributed by atoms with Crippen molar-refractivity contribution in [3.8, 4) is 11.5 Å². The van der Waals surface area contributed by atoms with Crippen molar-refractivity contribution in [2.75, 3.05) is 0 Å². The van der Waals surface area contributed by atoms with E-state index in [0.29, 0.717) is 29.2 Å². The molecular weight excluding hydrogens is 440 g/mol. The van der Waals surface area contributed by atoms with Gasteiger partial charge in [-0.3, -0.25) is 4.79 Å². The average molecular weight is 465 g/mol. The number of amides is 1. The Kier molecular flexibility index (Phi) is 7.66. The largest absolute Gasteiger partial charge is 0.488 e. The van der Waals surface area contributed by atoms with Crippen molar-refractivity contribution in [3.63, 3.8) is 0 Å². The summed E-state index contributed by atoms with van der Waals surface area (Å²) in [5.41, 5.74) is 6.20. The molecule has 0 bridgehead atoms. The predicted molar refractivity (Wildman–Crippen MR) is 135 cm³/mol. The van der Waals surface area contributed by atoms with Crippen LogP contribution in [0.2, 0.25) is 0 Å². The quantitative estimate of drug-likeness (QED) is 0.160. The van der Waals surface area contributed by atoms with Crippen molar-refractivity contribution >= 4 is 18.1 Å². The summed E-state index contributed by atoms with van der Waals surface area (Å²) in [6, 6.07) is 30.7. The summed E-state index contributed by atoms with van der Waals surface area (Å²) in [4.78, 5) is 24.9.